The molecular formula is C25H29N3O3. The van der Waals surface area contributed by atoms with Crippen LogP contribution in [0.4, 0.5) is 11.4 Å². The summed E-state index contributed by atoms with van der Waals surface area (Å²) in [6.07, 6.45) is 3.05. The first-order chi connectivity index (χ1) is 15.1. The molecular weight excluding hydrogens is 390 g/mol. The highest BCUT2D eigenvalue weighted by Crippen LogP contribution is 2.31. The van der Waals surface area contributed by atoms with Gasteiger partial charge in [0.2, 0.25) is 0 Å². The van der Waals surface area contributed by atoms with Gasteiger partial charge >= 0.3 is 0 Å². The van der Waals surface area contributed by atoms with E-state index in [1.807, 2.05) is 43.3 Å². The Hall–Kier alpha value is -3.12. The van der Waals surface area contributed by atoms with Gasteiger partial charge in [-0.25, -0.2) is 0 Å². The summed E-state index contributed by atoms with van der Waals surface area (Å²) < 4.78 is 5.09. The van der Waals surface area contributed by atoms with E-state index in [1.54, 1.807) is 7.11 Å². The summed E-state index contributed by atoms with van der Waals surface area (Å²) in [6, 6.07) is 15.8. The summed E-state index contributed by atoms with van der Waals surface area (Å²) in [7, 11) is 1.61. The minimum atomic E-state index is -0.291. The lowest BCUT2D eigenvalue weighted by Gasteiger charge is -2.18. The van der Waals surface area contributed by atoms with Gasteiger partial charge in [-0.2, -0.15) is 0 Å². The zero-order chi connectivity index (χ0) is 21.8. The molecule has 0 radical (unpaired) electrons. The van der Waals surface area contributed by atoms with Gasteiger partial charge in [-0.3, -0.25) is 14.5 Å². The molecule has 2 aliphatic heterocycles. The number of nitrogens with zero attached hydrogens (tertiary/aromatic N) is 2. The standard InChI is InChI=1S/C25H29N3O3/c1-18-6-8-19(9-7-18)22-23(25(30)28(24(22)29)16-5-17-31-2)26-20-10-12-21(13-11-20)27-14-3-4-15-27/h6-13,26H,3-5,14-17H2,1-2H3. The summed E-state index contributed by atoms with van der Waals surface area (Å²) in [5, 5.41) is 3.24. The van der Waals surface area contributed by atoms with Crippen LogP contribution in [0.1, 0.15) is 30.4 Å². The Kier molecular flexibility index (Phi) is 6.37. The van der Waals surface area contributed by atoms with Crippen LogP contribution in [-0.4, -0.2) is 50.1 Å². The van der Waals surface area contributed by atoms with Crippen molar-refractivity contribution >= 4 is 28.8 Å². The van der Waals surface area contributed by atoms with Crippen LogP contribution in [0.5, 0.6) is 0 Å². The van der Waals surface area contributed by atoms with Crippen molar-refractivity contribution < 1.29 is 14.3 Å². The lowest BCUT2D eigenvalue weighted by Crippen LogP contribution is -2.33. The third-order valence-corrected chi connectivity index (χ3v) is 5.85. The number of amides is 2. The fourth-order valence-corrected chi connectivity index (χ4v) is 4.13. The Morgan fingerprint density at radius 2 is 1.61 bits per heavy atom. The Balaban J connectivity index is 1.62. The number of carbonyl (C=O) groups is 2. The van der Waals surface area contributed by atoms with E-state index in [2.05, 4.69) is 22.3 Å². The van der Waals surface area contributed by atoms with Gasteiger partial charge in [0, 0.05) is 44.7 Å². The zero-order valence-corrected chi connectivity index (χ0v) is 18.2. The number of ether oxygens (including phenoxy) is 1. The third kappa shape index (κ3) is 4.49. The number of anilines is 2. The van der Waals surface area contributed by atoms with Crippen LogP contribution in [-0.2, 0) is 14.3 Å². The molecule has 0 bridgehead atoms. The quantitative estimate of drug-likeness (QED) is 0.521. The Morgan fingerprint density at radius 1 is 0.935 bits per heavy atom. The number of aryl methyl sites for hydroxylation is 1. The number of imide groups is 1. The largest absolute Gasteiger partial charge is 0.385 e. The number of hydrogen-bond acceptors (Lipinski definition) is 5. The van der Waals surface area contributed by atoms with Crippen molar-refractivity contribution in [1.82, 2.24) is 4.90 Å². The molecule has 6 heteroatoms. The fraction of sp³-hybridized carbons (Fsp3) is 0.360. The second-order valence-corrected chi connectivity index (χ2v) is 8.09. The molecule has 162 valence electrons. The lowest BCUT2D eigenvalue weighted by atomic mass is 10.0. The van der Waals surface area contributed by atoms with Crippen LogP contribution >= 0.6 is 0 Å². The Bertz CT molecular complexity index is 974. The molecule has 2 aliphatic rings. The predicted octanol–water partition coefficient (Wildman–Crippen LogP) is 3.82. The van der Waals surface area contributed by atoms with Crippen LogP contribution in [0, 0.1) is 6.92 Å². The first-order valence-electron chi connectivity index (χ1n) is 10.9. The highest BCUT2D eigenvalue weighted by Gasteiger charge is 2.38. The topological polar surface area (TPSA) is 61.9 Å². The molecule has 0 unspecified atom stereocenters. The van der Waals surface area contributed by atoms with Crippen LogP contribution < -0.4 is 10.2 Å². The van der Waals surface area contributed by atoms with E-state index in [0.29, 0.717) is 30.8 Å². The fourth-order valence-electron chi connectivity index (χ4n) is 4.13. The van der Waals surface area contributed by atoms with Crippen molar-refractivity contribution in [3.63, 3.8) is 0 Å². The van der Waals surface area contributed by atoms with Crippen molar-refractivity contribution in [1.29, 1.82) is 0 Å². The Labute approximate surface area is 183 Å². The third-order valence-electron chi connectivity index (χ3n) is 5.85. The second-order valence-electron chi connectivity index (χ2n) is 8.09. The minimum absolute atomic E-state index is 0.263. The molecule has 2 amide bonds. The van der Waals surface area contributed by atoms with Gasteiger partial charge in [0.05, 0.1) is 5.57 Å². The van der Waals surface area contributed by atoms with Gasteiger partial charge in [-0.05, 0) is 56.0 Å². The van der Waals surface area contributed by atoms with Gasteiger partial charge < -0.3 is 15.0 Å². The number of rotatable bonds is 8. The second kappa shape index (κ2) is 9.35. The van der Waals surface area contributed by atoms with E-state index >= 15 is 0 Å². The van der Waals surface area contributed by atoms with Gasteiger partial charge in [-0.1, -0.05) is 29.8 Å². The maximum absolute atomic E-state index is 13.2. The van der Waals surface area contributed by atoms with Crippen molar-refractivity contribution in [3.8, 4) is 0 Å². The van der Waals surface area contributed by atoms with Gasteiger partial charge in [0.15, 0.2) is 0 Å². The molecule has 2 heterocycles. The average molecular weight is 420 g/mol. The van der Waals surface area contributed by atoms with E-state index in [0.717, 1.165) is 29.9 Å². The van der Waals surface area contributed by atoms with Crippen LogP contribution in [0.25, 0.3) is 5.57 Å². The smallest absolute Gasteiger partial charge is 0.278 e. The number of methoxy groups -OCH3 is 1. The first kappa shape index (κ1) is 21.1. The van der Waals surface area contributed by atoms with Crippen LogP contribution in [0.15, 0.2) is 54.2 Å². The van der Waals surface area contributed by atoms with Crippen molar-refractivity contribution in [2.75, 3.05) is 43.6 Å². The molecule has 0 aliphatic carbocycles. The predicted molar refractivity (Wildman–Crippen MR) is 123 cm³/mol. The highest BCUT2D eigenvalue weighted by molar-refractivity contribution is 6.36. The molecule has 2 aromatic rings. The molecule has 0 saturated carbocycles. The summed E-state index contributed by atoms with van der Waals surface area (Å²) in [6.45, 7) is 4.99. The average Bonchev–Trinajstić information content (AvgIpc) is 3.39. The molecule has 4 rings (SSSR count). The van der Waals surface area contributed by atoms with E-state index < -0.39 is 0 Å². The number of carbonyl (C=O) groups excluding carboxylic acids is 2. The van der Waals surface area contributed by atoms with Gasteiger partial charge in [-0.15, -0.1) is 0 Å². The minimum Gasteiger partial charge on any atom is -0.385 e. The van der Waals surface area contributed by atoms with E-state index in [1.165, 1.54) is 23.4 Å². The van der Waals surface area contributed by atoms with Crippen LogP contribution in [0.2, 0.25) is 0 Å². The molecule has 0 spiro atoms. The van der Waals surface area contributed by atoms with Crippen molar-refractivity contribution in [2.24, 2.45) is 0 Å². The van der Waals surface area contributed by atoms with Crippen LogP contribution in [0.3, 0.4) is 0 Å². The summed E-state index contributed by atoms with van der Waals surface area (Å²) >= 11 is 0. The SMILES string of the molecule is COCCCN1C(=O)C(Nc2ccc(N3CCCC3)cc2)=C(c2ccc(C)cc2)C1=O. The molecule has 31 heavy (non-hydrogen) atoms. The van der Waals surface area contributed by atoms with E-state index in [9.17, 15) is 9.59 Å². The summed E-state index contributed by atoms with van der Waals surface area (Å²) in [4.78, 5) is 30.0. The zero-order valence-electron chi connectivity index (χ0n) is 18.2. The number of nitrogens with one attached hydrogen (secondary N) is 1. The summed E-state index contributed by atoms with van der Waals surface area (Å²) in [5.41, 5.74) is 4.58. The molecule has 0 aromatic heterocycles. The first-order valence-corrected chi connectivity index (χ1v) is 10.9. The normalized spacial score (nSPS) is 16.6. The molecule has 1 fully saturated rings. The molecule has 1 saturated heterocycles. The van der Waals surface area contributed by atoms with Gasteiger partial charge in [0.1, 0.15) is 5.70 Å². The molecule has 0 atom stereocenters. The van der Waals surface area contributed by atoms with E-state index in [-0.39, 0.29) is 11.8 Å². The van der Waals surface area contributed by atoms with Crippen molar-refractivity contribution in [3.05, 3.63) is 65.4 Å². The number of benzene rings is 2. The van der Waals surface area contributed by atoms with E-state index in [4.69, 9.17) is 4.74 Å². The molecule has 1 N–H and O–H groups in total. The Morgan fingerprint density at radius 3 is 2.26 bits per heavy atom. The highest BCUT2D eigenvalue weighted by atomic mass is 16.5. The summed E-state index contributed by atoms with van der Waals surface area (Å²) in [5.74, 6) is -0.554. The maximum atomic E-state index is 13.2. The lowest BCUT2D eigenvalue weighted by molar-refractivity contribution is -0.136. The van der Waals surface area contributed by atoms with Crippen molar-refractivity contribution in [2.45, 2.75) is 26.2 Å². The molecule has 2 aromatic carbocycles. The monoisotopic (exact) mass is 419 g/mol. The molecule has 6 nitrogen and oxygen atoms in total. The van der Waals surface area contributed by atoms with Gasteiger partial charge in [0.25, 0.3) is 11.8 Å². The maximum Gasteiger partial charge on any atom is 0.278 e. The number of hydrogen-bond donors (Lipinski definition) is 1.